The first-order valence-electron chi connectivity index (χ1n) is 6.74. The molecule has 0 bridgehead atoms. The molecule has 1 unspecified atom stereocenters. The molecule has 0 amide bonds. The Morgan fingerprint density at radius 1 is 1.38 bits per heavy atom. The predicted molar refractivity (Wildman–Crippen MR) is 68.8 cm³/mol. The van der Waals surface area contributed by atoms with E-state index in [4.69, 9.17) is 4.74 Å². The normalized spacial score (nSPS) is 18.0. The highest BCUT2D eigenvalue weighted by Crippen LogP contribution is 2.34. The van der Waals surface area contributed by atoms with Gasteiger partial charge in [0.1, 0.15) is 0 Å². The van der Waals surface area contributed by atoms with Crippen molar-refractivity contribution >= 4 is 0 Å². The van der Waals surface area contributed by atoms with Crippen molar-refractivity contribution in [3.8, 4) is 0 Å². The van der Waals surface area contributed by atoms with Crippen LogP contribution in [0.15, 0.2) is 0 Å². The van der Waals surface area contributed by atoms with E-state index in [1.165, 1.54) is 12.8 Å². The highest BCUT2D eigenvalue weighted by atomic mass is 16.5. The van der Waals surface area contributed by atoms with Crippen LogP contribution in [0.2, 0.25) is 0 Å². The molecule has 1 atom stereocenters. The second-order valence-electron chi connectivity index (χ2n) is 4.86. The van der Waals surface area contributed by atoms with Crippen LogP contribution in [0.3, 0.4) is 0 Å². The first-order valence-corrected chi connectivity index (χ1v) is 6.74. The second-order valence-corrected chi connectivity index (χ2v) is 4.86. The third-order valence-electron chi connectivity index (χ3n) is 3.49. The summed E-state index contributed by atoms with van der Waals surface area (Å²) in [5.74, 6) is 0.975. The Labute approximate surface area is 101 Å². The lowest BCUT2D eigenvalue weighted by atomic mass is 10.2. The summed E-state index contributed by atoms with van der Waals surface area (Å²) in [6.45, 7) is 9.45. The van der Waals surface area contributed by atoms with Gasteiger partial charge in [-0.15, -0.1) is 0 Å². The minimum Gasteiger partial charge on any atom is -0.382 e. The van der Waals surface area contributed by atoms with Crippen molar-refractivity contribution in [2.45, 2.75) is 39.2 Å². The summed E-state index contributed by atoms with van der Waals surface area (Å²) in [4.78, 5) is 2.48. The number of rotatable bonds is 10. The fourth-order valence-corrected chi connectivity index (χ4v) is 1.97. The van der Waals surface area contributed by atoms with Crippen LogP contribution in [-0.4, -0.2) is 50.8 Å². The zero-order chi connectivity index (χ0) is 11.8. The molecular weight excluding hydrogens is 200 g/mol. The van der Waals surface area contributed by atoms with Gasteiger partial charge in [-0.2, -0.15) is 0 Å². The maximum Gasteiger partial charge on any atom is 0.0477 e. The highest BCUT2D eigenvalue weighted by Gasteiger charge is 2.29. The molecule has 1 aliphatic carbocycles. The highest BCUT2D eigenvalue weighted by molar-refractivity contribution is 4.84. The fraction of sp³-hybridized carbons (Fsp3) is 1.00. The van der Waals surface area contributed by atoms with E-state index in [2.05, 4.69) is 24.2 Å². The maximum atomic E-state index is 5.29. The van der Waals surface area contributed by atoms with Crippen molar-refractivity contribution in [2.24, 2.45) is 5.92 Å². The van der Waals surface area contributed by atoms with Crippen molar-refractivity contribution in [2.75, 3.05) is 39.9 Å². The van der Waals surface area contributed by atoms with Crippen molar-refractivity contribution in [1.82, 2.24) is 10.2 Å². The molecule has 1 saturated carbocycles. The van der Waals surface area contributed by atoms with Gasteiger partial charge in [0.15, 0.2) is 0 Å². The molecule has 0 aromatic carbocycles. The molecule has 0 spiro atoms. The van der Waals surface area contributed by atoms with Crippen LogP contribution in [0.4, 0.5) is 0 Å². The number of nitrogens with one attached hydrogen (secondary N) is 1. The van der Waals surface area contributed by atoms with Crippen LogP contribution < -0.4 is 5.32 Å². The monoisotopic (exact) mass is 228 g/mol. The summed E-state index contributed by atoms with van der Waals surface area (Å²) in [6, 6.07) is 0.769. The number of hydrogen-bond acceptors (Lipinski definition) is 3. The van der Waals surface area contributed by atoms with Gasteiger partial charge in [0, 0.05) is 32.3 Å². The molecule has 1 fully saturated rings. The first-order chi connectivity index (χ1) is 7.75. The average Bonchev–Trinajstić information content (AvgIpc) is 3.10. The molecule has 1 aliphatic rings. The zero-order valence-electron chi connectivity index (χ0n) is 11.2. The van der Waals surface area contributed by atoms with Gasteiger partial charge >= 0.3 is 0 Å². The molecule has 0 aromatic heterocycles. The van der Waals surface area contributed by atoms with Crippen molar-refractivity contribution in [3.63, 3.8) is 0 Å². The average molecular weight is 228 g/mol. The van der Waals surface area contributed by atoms with E-state index in [1.54, 1.807) is 0 Å². The molecule has 3 heteroatoms. The van der Waals surface area contributed by atoms with Crippen molar-refractivity contribution in [1.29, 1.82) is 0 Å². The van der Waals surface area contributed by atoms with E-state index in [1.807, 2.05) is 6.92 Å². The zero-order valence-corrected chi connectivity index (χ0v) is 11.2. The summed E-state index contributed by atoms with van der Waals surface area (Å²) in [6.07, 6.45) is 4.00. The Morgan fingerprint density at radius 3 is 2.75 bits per heavy atom. The van der Waals surface area contributed by atoms with Gasteiger partial charge in [-0.3, -0.25) is 0 Å². The minimum atomic E-state index is 0.769. The largest absolute Gasteiger partial charge is 0.382 e. The Balaban J connectivity index is 1.86. The maximum absolute atomic E-state index is 5.29. The molecule has 0 aliphatic heterocycles. The van der Waals surface area contributed by atoms with Gasteiger partial charge in [0.05, 0.1) is 0 Å². The molecule has 3 nitrogen and oxygen atoms in total. The molecule has 0 saturated heterocycles. The predicted octanol–water partition coefficient (Wildman–Crippen LogP) is 1.73. The molecule has 16 heavy (non-hydrogen) atoms. The van der Waals surface area contributed by atoms with Gasteiger partial charge in [-0.25, -0.2) is 0 Å². The van der Waals surface area contributed by atoms with Crippen LogP contribution in [0, 0.1) is 5.92 Å². The van der Waals surface area contributed by atoms with Crippen LogP contribution in [0.25, 0.3) is 0 Å². The third kappa shape index (κ3) is 5.83. The Bertz CT molecular complexity index is 171. The van der Waals surface area contributed by atoms with Gasteiger partial charge in [-0.05, 0) is 52.6 Å². The van der Waals surface area contributed by atoms with Crippen LogP contribution in [-0.2, 0) is 4.74 Å². The Hall–Kier alpha value is -0.120. The van der Waals surface area contributed by atoms with E-state index in [0.717, 1.165) is 51.2 Å². The smallest absolute Gasteiger partial charge is 0.0477 e. The number of likely N-dealkylation sites (N-methyl/N-ethyl adjacent to an activating group) is 1. The Kier molecular flexibility index (Phi) is 7.01. The molecule has 0 heterocycles. The number of hydrogen-bond donors (Lipinski definition) is 1. The van der Waals surface area contributed by atoms with E-state index < -0.39 is 0 Å². The second kappa shape index (κ2) is 8.04. The quantitative estimate of drug-likeness (QED) is 0.576. The lowest BCUT2D eigenvalue weighted by Crippen LogP contribution is -2.36. The molecule has 1 N–H and O–H groups in total. The van der Waals surface area contributed by atoms with Crippen LogP contribution in [0.1, 0.15) is 33.1 Å². The van der Waals surface area contributed by atoms with E-state index in [-0.39, 0.29) is 0 Å². The van der Waals surface area contributed by atoms with Gasteiger partial charge in [0.25, 0.3) is 0 Å². The lowest BCUT2D eigenvalue weighted by Gasteiger charge is -2.24. The standard InChI is InChI=1S/C13H28N2O/c1-4-16-11-5-8-14-9-10-15(3)12(2)13-6-7-13/h12-14H,4-11H2,1-3H3. The fourth-order valence-electron chi connectivity index (χ4n) is 1.97. The van der Waals surface area contributed by atoms with Gasteiger partial charge in [-0.1, -0.05) is 0 Å². The molecule has 0 aromatic rings. The first kappa shape index (κ1) is 13.9. The molecule has 0 radical (unpaired) electrons. The number of ether oxygens (including phenoxy) is 1. The minimum absolute atomic E-state index is 0.769. The summed E-state index contributed by atoms with van der Waals surface area (Å²) < 4.78 is 5.29. The van der Waals surface area contributed by atoms with Gasteiger partial charge < -0.3 is 15.0 Å². The van der Waals surface area contributed by atoms with Crippen LogP contribution >= 0.6 is 0 Å². The third-order valence-corrected chi connectivity index (χ3v) is 3.49. The van der Waals surface area contributed by atoms with Gasteiger partial charge in [0.2, 0.25) is 0 Å². The summed E-state index contributed by atoms with van der Waals surface area (Å²) >= 11 is 0. The molecule has 1 rings (SSSR count). The summed E-state index contributed by atoms with van der Waals surface area (Å²) in [7, 11) is 2.24. The molecule has 96 valence electrons. The summed E-state index contributed by atoms with van der Waals surface area (Å²) in [5.41, 5.74) is 0. The SMILES string of the molecule is CCOCCCNCCN(C)C(C)C1CC1. The molecular formula is C13H28N2O. The topological polar surface area (TPSA) is 24.5 Å². The van der Waals surface area contributed by atoms with Crippen molar-refractivity contribution < 1.29 is 4.74 Å². The van der Waals surface area contributed by atoms with E-state index in [9.17, 15) is 0 Å². The lowest BCUT2D eigenvalue weighted by molar-refractivity contribution is 0.144. The van der Waals surface area contributed by atoms with Crippen LogP contribution in [0.5, 0.6) is 0 Å². The number of nitrogens with zero attached hydrogens (tertiary/aromatic N) is 1. The summed E-state index contributed by atoms with van der Waals surface area (Å²) in [5, 5.41) is 3.47. The van der Waals surface area contributed by atoms with E-state index >= 15 is 0 Å². The van der Waals surface area contributed by atoms with Crippen molar-refractivity contribution in [3.05, 3.63) is 0 Å². The van der Waals surface area contributed by atoms with E-state index in [0.29, 0.717) is 0 Å². The Morgan fingerprint density at radius 2 is 2.12 bits per heavy atom.